The molecule has 1 aliphatic carbocycles. The summed E-state index contributed by atoms with van der Waals surface area (Å²) in [4.78, 5) is 17.1. The lowest BCUT2D eigenvalue weighted by molar-refractivity contribution is 0.870. The molecule has 2 heterocycles. The summed E-state index contributed by atoms with van der Waals surface area (Å²) < 4.78 is 2.55. The fraction of sp³-hybridized carbons (Fsp3) is 0.200. The van der Waals surface area contributed by atoms with Gasteiger partial charge in [-0.1, -0.05) is 34.1 Å². The molecule has 3 aromatic rings. The topological polar surface area (TPSA) is 50.2 Å². The van der Waals surface area contributed by atoms with Crippen molar-refractivity contribution in [1.82, 2.24) is 14.6 Å². The number of benzene rings is 1. The van der Waals surface area contributed by atoms with E-state index in [9.17, 15) is 4.79 Å². The van der Waals surface area contributed by atoms with Crippen LogP contribution in [0.2, 0.25) is 0 Å². The Labute approximate surface area is 123 Å². The van der Waals surface area contributed by atoms with Crippen LogP contribution < -0.4 is 5.56 Å². The molecule has 4 nitrogen and oxygen atoms in total. The molecule has 0 aliphatic heterocycles. The Morgan fingerprint density at radius 1 is 1.20 bits per heavy atom. The second-order valence-electron chi connectivity index (χ2n) is 5.02. The maximum absolute atomic E-state index is 12.4. The normalized spacial score (nSPS) is 13.8. The van der Waals surface area contributed by atoms with Gasteiger partial charge in [0.15, 0.2) is 5.65 Å². The molecule has 2 aromatic heterocycles. The van der Waals surface area contributed by atoms with E-state index in [-0.39, 0.29) is 5.56 Å². The number of halogens is 1. The standard InChI is InChI=1S/C15H12BrN3O/c16-12-6-2-1-4-9(12)11-8-17-19-14(11)18-13-7-3-5-10(13)15(19)20/h1-2,4,6,8,17H,3,5,7H2. The number of H-pyrrole nitrogens is 1. The van der Waals surface area contributed by atoms with Gasteiger partial charge in [0.1, 0.15) is 0 Å². The second-order valence-corrected chi connectivity index (χ2v) is 5.88. The molecule has 5 heteroatoms. The Morgan fingerprint density at radius 3 is 2.90 bits per heavy atom. The van der Waals surface area contributed by atoms with Crippen molar-refractivity contribution in [3.63, 3.8) is 0 Å². The molecular formula is C15H12BrN3O. The van der Waals surface area contributed by atoms with E-state index in [0.29, 0.717) is 5.65 Å². The molecule has 0 saturated heterocycles. The number of nitrogens with zero attached hydrogens (tertiary/aromatic N) is 2. The van der Waals surface area contributed by atoms with Crippen LogP contribution in [0, 0.1) is 0 Å². The van der Waals surface area contributed by atoms with Crippen molar-refractivity contribution >= 4 is 21.6 Å². The summed E-state index contributed by atoms with van der Waals surface area (Å²) in [5, 5.41) is 3.03. The average Bonchev–Trinajstić information content (AvgIpc) is 3.07. The van der Waals surface area contributed by atoms with Gasteiger partial charge >= 0.3 is 0 Å². The molecule has 0 saturated carbocycles. The van der Waals surface area contributed by atoms with Gasteiger partial charge in [0.05, 0.1) is 5.69 Å². The summed E-state index contributed by atoms with van der Waals surface area (Å²) in [5.74, 6) is 0. The van der Waals surface area contributed by atoms with Crippen LogP contribution in [-0.4, -0.2) is 14.6 Å². The molecule has 20 heavy (non-hydrogen) atoms. The van der Waals surface area contributed by atoms with Gasteiger partial charge in [-0.15, -0.1) is 0 Å². The zero-order valence-corrected chi connectivity index (χ0v) is 12.3. The smallest absolute Gasteiger partial charge is 0.276 e. The zero-order chi connectivity index (χ0) is 13.7. The average molecular weight is 330 g/mol. The summed E-state index contributed by atoms with van der Waals surface area (Å²) in [6.07, 6.45) is 4.61. The van der Waals surface area contributed by atoms with Gasteiger partial charge in [-0.05, 0) is 25.3 Å². The third-order valence-corrected chi connectivity index (χ3v) is 4.54. The van der Waals surface area contributed by atoms with Crippen molar-refractivity contribution in [2.24, 2.45) is 0 Å². The number of aryl methyl sites for hydroxylation is 1. The third-order valence-electron chi connectivity index (χ3n) is 3.85. The molecule has 1 N–H and O–H groups in total. The van der Waals surface area contributed by atoms with Crippen LogP contribution in [0.4, 0.5) is 0 Å². The van der Waals surface area contributed by atoms with E-state index in [0.717, 1.165) is 46.1 Å². The Bertz CT molecular complexity index is 878. The van der Waals surface area contributed by atoms with E-state index >= 15 is 0 Å². The molecule has 0 spiro atoms. The van der Waals surface area contributed by atoms with Crippen LogP contribution in [0.5, 0.6) is 0 Å². The molecule has 0 fully saturated rings. The fourth-order valence-corrected chi connectivity index (χ4v) is 3.36. The monoisotopic (exact) mass is 329 g/mol. The molecule has 0 amide bonds. The molecule has 1 aromatic carbocycles. The van der Waals surface area contributed by atoms with Crippen LogP contribution in [0.25, 0.3) is 16.8 Å². The molecule has 1 aliphatic rings. The van der Waals surface area contributed by atoms with Crippen LogP contribution >= 0.6 is 15.9 Å². The van der Waals surface area contributed by atoms with Gasteiger partial charge in [0.2, 0.25) is 0 Å². The number of hydrogen-bond acceptors (Lipinski definition) is 2. The highest BCUT2D eigenvalue weighted by atomic mass is 79.9. The number of fused-ring (bicyclic) bond motifs is 2. The summed E-state index contributed by atoms with van der Waals surface area (Å²) in [7, 11) is 0. The van der Waals surface area contributed by atoms with Crippen molar-refractivity contribution < 1.29 is 0 Å². The highest BCUT2D eigenvalue weighted by Crippen LogP contribution is 2.30. The summed E-state index contributed by atoms with van der Waals surface area (Å²) in [5.41, 5.74) is 4.56. The Hall–Kier alpha value is -1.88. The lowest BCUT2D eigenvalue weighted by atomic mass is 10.1. The van der Waals surface area contributed by atoms with Gasteiger partial charge in [-0.3, -0.25) is 9.89 Å². The largest absolute Gasteiger partial charge is 0.296 e. The quantitative estimate of drug-likeness (QED) is 0.746. The minimum Gasteiger partial charge on any atom is -0.296 e. The molecule has 100 valence electrons. The van der Waals surface area contributed by atoms with Gasteiger partial charge in [0.25, 0.3) is 5.56 Å². The maximum Gasteiger partial charge on any atom is 0.276 e. The number of hydrogen-bond donors (Lipinski definition) is 1. The minimum absolute atomic E-state index is 0.0424. The van der Waals surface area contributed by atoms with E-state index in [4.69, 9.17) is 4.98 Å². The van der Waals surface area contributed by atoms with E-state index in [1.54, 1.807) is 4.52 Å². The third kappa shape index (κ3) is 1.59. The second kappa shape index (κ2) is 4.31. The van der Waals surface area contributed by atoms with Crippen molar-refractivity contribution in [3.8, 4) is 11.1 Å². The van der Waals surface area contributed by atoms with Gasteiger partial charge in [-0.2, -0.15) is 0 Å². The summed E-state index contributed by atoms with van der Waals surface area (Å²) in [6.45, 7) is 0. The molecule has 0 atom stereocenters. The van der Waals surface area contributed by atoms with E-state index in [2.05, 4.69) is 21.0 Å². The predicted octanol–water partition coefficient (Wildman–Crippen LogP) is 2.94. The zero-order valence-electron chi connectivity index (χ0n) is 10.7. The van der Waals surface area contributed by atoms with Crippen LogP contribution in [0.1, 0.15) is 17.7 Å². The molecule has 0 bridgehead atoms. The Morgan fingerprint density at radius 2 is 2.05 bits per heavy atom. The molecule has 0 unspecified atom stereocenters. The van der Waals surface area contributed by atoms with Gasteiger partial charge in [0, 0.05) is 27.4 Å². The molecule has 0 radical (unpaired) electrons. The Balaban J connectivity index is 2.06. The first-order valence-corrected chi connectivity index (χ1v) is 7.42. The SMILES string of the molecule is O=c1c2c(nc3c(-c4ccccc4Br)c[nH]n13)CCC2. The van der Waals surface area contributed by atoms with Crippen molar-refractivity contribution in [2.45, 2.75) is 19.3 Å². The van der Waals surface area contributed by atoms with Crippen molar-refractivity contribution in [3.05, 3.63) is 56.5 Å². The molecule has 4 rings (SSSR count). The predicted molar refractivity (Wildman–Crippen MR) is 81.0 cm³/mol. The first kappa shape index (κ1) is 11.9. The minimum atomic E-state index is 0.0424. The van der Waals surface area contributed by atoms with E-state index in [1.807, 2.05) is 30.5 Å². The first-order valence-electron chi connectivity index (χ1n) is 6.62. The summed E-state index contributed by atoms with van der Waals surface area (Å²) >= 11 is 3.56. The van der Waals surface area contributed by atoms with E-state index in [1.165, 1.54) is 0 Å². The fourth-order valence-electron chi connectivity index (χ4n) is 2.86. The van der Waals surface area contributed by atoms with Crippen LogP contribution in [0.15, 0.2) is 39.7 Å². The Kier molecular flexibility index (Phi) is 2.57. The van der Waals surface area contributed by atoms with E-state index < -0.39 is 0 Å². The van der Waals surface area contributed by atoms with Crippen LogP contribution in [-0.2, 0) is 12.8 Å². The number of rotatable bonds is 1. The first-order chi connectivity index (χ1) is 9.75. The number of aromatic amines is 1. The number of aromatic nitrogens is 3. The van der Waals surface area contributed by atoms with Crippen LogP contribution in [0.3, 0.4) is 0 Å². The van der Waals surface area contributed by atoms with Gasteiger partial charge < -0.3 is 0 Å². The van der Waals surface area contributed by atoms with Crippen molar-refractivity contribution in [2.75, 3.05) is 0 Å². The maximum atomic E-state index is 12.4. The van der Waals surface area contributed by atoms with Gasteiger partial charge in [-0.25, -0.2) is 9.50 Å². The molecular weight excluding hydrogens is 318 g/mol. The lowest BCUT2D eigenvalue weighted by Gasteiger charge is -2.03. The highest BCUT2D eigenvalue weighted by Gasteiger charge is 2.20. The van der Waals surface area contributed by atoms with Crippen molar-refractivity contribution in [1.29, 1.82) is 0 Å². The lowest BCUT2D eigenvalue weighted by Crippen LogP contribution is -2.20. The highest BCUT2D eigenvalue weighted by molar-refractivity contribution is 9.10. The summed E-state index contributed by atoms with van der Waals surface area (Å²) in [6, 6.07) is 7.96. The number of nitrogens with one attached hydrogen (secondary N) is 1.